The van der Waals surface area contributed by atoms with Crippen molar-refractivity contribution >= 4 is 5.91 Å². The van der Waals surface area contributed by atoms with Gasteiger partial charge in [0.25, 0.3) is 0 Å². The van der Waals surface area contributed by atoms with Crippen molar-refractivity contribution in [1.29, 1.82) is 0 Å². The Labute approximate surface area is 112 Å². The maximum absolute atomic E-state index is 12.5. The fourth-order valence-electron chi connectivity index (χ4n) is 2.41. The van der Waals surface area contributed by atoms with E-state index in [2.05, 4.69) is 9.97 Å². The second-order valence-electron chi connectivity index (χ2n) is 4.82. The number of benzene rings is 1. The van der Waals surface area contributed by atoms with Gasteiger partial charge in [0.2, 0.25) is 5.91 Å². The maximum Gasteiger partial charge on any atom is 0.230 e. The monoisotopic (exact) mass is 253 g/mol. The van der Waals surface area contributed by atoms with Crippen LogP contribution in [0.2, 0.25) is 0 Å². The highest BCUT2D eigenvalue weighted by Gasteiger charge is 2.28. The Morgan fingerprint density at radius 2 is 2.05 bits per heavy atom. The first-order valence-electron chi connectivity index (χ1n) is 6.37. The summed E-state index contributed by atoms with van der Waals surface area (Å²) in [4.78, 5) is 22.6. The van der Waals surface area contributed by atoms with Gasteiger partial charge in [-0.25, -0.2) is 9.97 Å². The zero-order chi connectivity index (χ0) is 13.2. The molecule has 1 aromatic carbocycles. The first-order valence-corrected chi connectivity index (χ1v) is 6.37. The molecule has 96 valence electrons. The van der Waals surface area contributed by atoms with Gasteiger partial charge in [0, 0.05) is 18.3 Å². The zero-order valence-electron chi connectivity index (χ0n) is 10.8. The Hall–Kier alpha value is -2.23. The molecule has 0 unspecified atom stereocenters. The summed E-state index contributed by atoms with van der Waals surface area (Å²) in [6, 6.07) is 9.87. The lowest BCUT2D eigenvalue weighted by molar-refractivity contribution is -0.133. The molecule has 0 radical (unpaired) electrons. The second-order valence-corrected chi connectivity index (χ2v) is 4.82. The number of carbonyl (C=O) groups excluding carboxylic acids is 1. The molecule has 0 aliphatic carbocycles. The molecule has 2 aromatic rings. The molecule has 0 bridgehead atoms. The van der Waals surface area contributed by atoms with E-state index < -0.39 is 0 Å². The highest BCUT2D eigenvalue weighted by Crippen LogP contribution is 2.25. The first kappa shape index (κ1) is 11.8. The van der Waals surface area contributed by atoms with Gasteiger partial charge in [0.05, 0.1) is 18.2 Å². The van der Waals surface area contributed by atoms with Gasteiger partial charge in [-0.05, 0) is 12.5 Å². The molecule has 1 amide bonds. The number of fused-ring (bicyclic) bond motifs is 1. The summed E-state index contributed by atoms with van der Waals surface area (Å²) in [6.07, 6.45) is 3.33. The van der Waals surface area contributed by atoms with Crippen LogP contribution in [-0.2, 0) is 17.9 Å². The molecular formula is C15H15N3O. The Bertz CT molecular complexity index is 572. The molecule has 4 nitrogen and oxygen atoms in total. The minimum atomic E-state index is -0.122. The molecule has 1 aliphatic rings. The summed E-state index contributed by atoms with van der Waals surface area (Å²) in [7, 11) is 0. The molecule has 0 saturated heterocycles. The standard InChI is InChI=1S/C15H15N3O/c1-11(12-5-3-2-4-6-12)15(19)18-8-13-7-16-10-17-14(13)9-18/h2-7,10-11H,8-9H2,1H3/t11-/m1/s1. The van der Waals surface area contributed by atoms with E-state index >= 15 is 0 Å². The van der Waals surface area contributed by atoms with Crippen LogP contribution in [0.25, 0.3) is 0 Å². The lowest BCUT2D eigenvalue weighted by Crippen LogP contribution is -2.29. The summed E-state index contributed by atoms with van der Waals surface area (Å²) in [6.45, 7) is 3.16. The quantitative estimate of drug-likeness (QED) is 0.823. The van der Waals surface area contributed by atoms with E-state index in [1.54, 1.807) is 6.20 Å². The topological polar surface area (TPSA) is 46.1 Å². The van der Waals surface area contributed by atoms with E-state index in [0.29, 0.717) is 13.1 Å². The van der Waals surface area contributed by atoms with Gasteiger partial charge in [-0.15, -0.1) is 0 Å². The predicted octanol–water partition coefficient (Wildman–Crippen LogP) is 2.12. The molecule has 0 spiro atoms. The first-order chi connectivity index (χ1) is 9.25. The van der Waals surface area contributed by atoms with Gasteiger partial charge < -0.3 is 4.90 Å². The SMILES string of the molecule is C[C@@H](C(=O)N1Cc2cncnc2C1)c1ccccc1. The number of rotatable bonds is 2. The average Bonchev–Trinajstić information content (AvgIpc) is 2.90. The van der Waals surface area contributed by atoms with Gasteiger partial charge in [-0.3, -0.25) is 4.79 Å². The summed E-state index contributed by atoms with van der Waals surface area (Å²) in [5.74, 6) is 0.0210. The normalized spacial score (nSPS) is 15.1. The van der Waals surface area contributed by atoms with Crippen molar-refractivity contribution in [3.8, 4) is 0 Å². The molecule has 1 aliphatic heterocycles. The number of nitrogens with zero attached hydrogens (tertiary/aromatic N) is 3. The lowest BCUT2D eigenvalue weighted by Gasteiger charge is -2.20. The van der Waals surface area contributed by atoms with Crippen molar-refractivity contribution < 1.29 is 4.79 Å². The van der Waals surface area contributed by atoms with Gasteiger partial charge in [0.15, 0.2) is 0 Å². The van der Waals surface area contributed by atoms with Crippen molar-refractivity contribution in [1.82, 2.24) is 14.9 Å². The minimum Gasteiger partial charge on any atom is -0.332 e. The zero-order valence-corrected chi connectivity index (χ0v) is 10.8. The number of hydrogen-bond acceptors (Lipinski definition) is 3. The third kappa shape index (κ3) is 2.21. The number of carbonyl (C=O) groups is 1. The molecule has 2 heterocycles. The van der Waals surface area contributed by atoms with Gasteiger partial charge >= 0.3 is 0 Å². The fourth-order valence-corrected chi connectivity index (χ4v) is 2.41. The largest absolute Gasteiger partial charge is 0.332 e. The van der Waals surface area contributed by atoms with E-state index in [1.807, 2.05) is 42.2 Å². The van der Waals surface area contributed by atoms with E-state index in [4.69, 9.17) is 0 Å². The van der Waals surface area contributed by atoms with Crippen LogP contribution in [0.3, 0.4) is 0 Å². The van der Waals surface area contributed by atoms with Crippen LogP contribution in [0.5, 0.6) is 0 Å². The summed E-state index contributed by atoms with van der Waals surface area (Å²) >= 11 is 0. The molecule has 0 N–H and O–H groups in total. The van der Waals surface area contributed by atoms with Crippen molar-refractivity contribution in [3.05, 3.63) is 59.7 Å². The molecule has 19 heavy (non-hydrogen) atoms. The molecule has 1 atom stereocenters. The highest BCUT2D eigenvalue weighted by atomic mass is 16.2. The van der Waals surface area contributed by atoms with E-state index in [-0.39, 0.29) is 11.8 Å². The summed E-state index contributed by atoms with van der Waals surface area (Å²) in [5.41, 5.74) is 3.06. The third-order valence-electron chi connectivity index (χ3n) is 3.56. The molecular weight excluding hydrogens is 238 g/mol. The van der Waals surface area contributed by atoms with Crippen LogP contribution >= 0.6 is 0 Å². The number of amides is 1. The van der Waals surface area contributed by atoms with Gasteiger partial charge in [0.1, 0.15) is 6.33 Å². The van der Waals surface area contributed by atoms with Crippen molar-refractivity contribution in [2.24, 2.45) is 0 Å². The Morgan fingerprint density at radius 3 is 2.79 bits per heavy atom. The summed E-state index contributed by atoms with van der Waals surface area (Å²) < 4.78 is 0. The number of hydrogen-bond donors (Lipinski definition) is 0. The van der Waals surface area contributed by atoms with Crippen molar-refractivity contribution in [2.45, 2.75) is 25.9 Å². The molecule has 3 rings (SSSR count). The van der Waals surface area contributed by atoms with E-state index in [0.717, 1.165) is 16.8 Å². The Kier molecular flexibility index (Phi) is 2.99. The van der Waals surface area contributed by atoms with Crippen LogP contribution in [0.15, 0.2) is 42.9 Å². The van der Waals surface area contributed by atoms with Crippen LogP contribution in [0.1, 0.15) is 29.7 Å². The molecule has 1 aromatic heterocycles. The van der Waals surface area contributed by atoms with E-state index in [9.17, 15) is 4.79 Å². The molecule has 0 saturated carbocycles. The second kappa shape index (κ2) is 4.80. The number of aromatic nitrogens is 2. The Morgan fingerprint density at radius 1 is 1.26 bits per heavy atom. The van der Waals surface area contributed by atoms with Gasteiger partial charge in [-0.2, -0.15) is 0 Å². The van der Waals surface area contributed by atoms with Crippen LogP contribution in [0.4, 0.5) is 0 Å². The van der Waals surface area contributed by atoms with Gasteiger partial charge in [-0.1, -0.05) is 30.3 Å². The molecule has 0 fully saturated rings. The Balaban J connectivity index is 1.77. The van der Waals surface area contributed by atoms with Crippen LogP contribution < -0.4 is 0 Å². The predicted molar refractivity (Wildman–Crippen MR) is 71.1 cm³/mol. The minimum absolute atomic E-state index is 0.122. The van der Waals surface area contributed by atoms with Crippen LogP contribution in [0, 0.1) is 0 Å². The summed E-state index contributed by atoms with van der Waals surface area (Å²) in [5, 5.41) is 0. The average molecular weight is 253 g/mol. The fraction of sp³-hybridized carbons (Fsp3) is 0.267. The smallest absolute Gasteiger partial charge is 0.230 e. The maximum atomic E-state index is 12.5. The highest BCUT2D eigenvalue weighted by molar-refractivity contribution is 5.83. The van der Waals surface area contributed by atoms with Crippen molar-refractivity contribution in [2.75, 3.05) is 0 Å². The molecule has 4 heteroatoms. The lowest BCUT2D eigenvalue weighted by atomic mass is 10.00. The van der Waals surface area contributed by atoms with Crippen molar-refractivity contribution in [3.63, 3.8) is 0 Å². The van der Waals surface area contributed by atoms with E-state index in [1.165, 1.54) is 6.33 Å². The van der Waals surface area contributed by atoms with Crippen LogP contribution in [-0.4, -0.2) is 20.8 Å². The third-order valence-corrected chi connectivity index (χ3v) is 3.56.